The molecule has 1 aliphatic rings. The van der Waals surface area contributed by atoms with Crippen molar-refractivity contribution < 1.29 is 4.79 Å². The molecule has 102 valence electrons. The Kier molecular flexibility index (Phi) is 5.16. The maximum Gasteiger partial charge on any atom is 0.223 e. The summed E-state index contributed by atoms with van der Waals surface area (Å²) in [5.41, 5.74) is 7.05. The van der Waals surface area contributed by atoms with Crippen LogP contribution in [0, 0.1) is 5.92 Å². The summed E-state index contributed by atoms with van der Waals surface area (Å²) in [5.74, 6) is 0.252. The number of carbonyl (C=O) groups excluding carboxylic acids is 1. The molecule has 0 unspecified atom stereocenters. The molecule has 0 aliphatic heterocycles. The number of nitrogens with one attached hydrogen (secondary N) is 1. The highest BCUT2D eigenvalue weighted by atomic mass is 16.1. The van der Waals surface area contributed by atoms with Crippen molar-refractivity contribution in [2.45, 2.75) is 31.7 Å². The lowest BCUT2D eigenvalue weighted by Crippen LogP contribution is -2.37. The van der Waals surface area contributed by atoms with Gasteiger partial charge in [0.15, 0.2) is 0 Å². The van der Waals surface area contributed by atoms with E-state index in [1.807, 2.05) is 42.5 Å². The lowest BCUT2D eigenvalue weighted by atomic mass is 9.85. The molecule has 0 heterocycles. The van der Waals surface area contributed by atoms with E-state index in [0.29, 0.717) is 6.54 Å². The topological polar surface area (TPSA) is 55.1 Å². The van der Waals surface area contributed by atoms with Gasteiger partial charge in [-0.05, 0) is 24.8 Å². The molecule has 1 saturated carbocycles. The van der Waals surface area contributed by atoms with Crippen LogP contribution in [0.5, 0.6) is 0 Å². The fourth-order valence-electron chi connectivity index (χ4n) is 2.53. The molecule has 3 heteroatoms. The van der Waals surface area contributed by atoms with Gasteiger partial charge in [-0.2, -0.15) is 0 Å². The number of rotatable bonds is 4. The summed E-state index contributed by atoms with van der Waals surface area (Å²) in [7, 11) is 0. The van der Waals surface area contributed by atoms with E-state index in [4.69, 9.17) is 5.73 Å². The van der Waals surface area contributed by atoms with Crippen molar-refractivity contribution in [3.8, 4) is 0 Å². The van der Waals surface area contributed by atoms with Gasteiger partial charge in [0, 0.05) is 18.5 Å². The molecule has 0 bridgehead atoms. The van der Waals surface area contributed by atoms with Gasteiger partial charge in [-0.25, -0.2) is 0 Å². The summed E-state index contributed by atoms with van der Waals surface area (Å²) in [6.07, 6.45) is 7.93. The summed E-state index contributed by atoms with van der Waals surface area (Å²) in [6.45, 7) is 0.583. The first kappa shape index (κ1) is 13.8. The Hall–Kier alpha value is -1.61. The van der Waals surface area contributed by atoms with Gasteiger partial charge < -0.3 is 11.1 Å². The summed E-state index contributed by atoms with van der Waals surface area (Å²) >= 11 is 0. The summed E-state index contributed by atoms with van der Waals surface area (Å²) in [5, 5.41) is 2.96. The minimum Gasteiger partial charge on any atom is -0.352 e. The maximum atomic E-state index is 12.0. The zero-order valence-corrected chi connectivity index (χ0v) is 11.2. The van der Waals surface area contributed by atoms with Crippen molar-refractivity contribution in [1.29, 1.82) is 0 Å². The number of amides is 1. The number of hydrogen-bond donors (Lipinski definition) is 2. The van der Waals surface area contributed by atoms with Crippen molar-refractivity contribution in [2.75, 3.05) is 6.54 Å². The second-order valence-electron chi connectivity index (χ2n) is 5.18. The normalized spacial score (nSPS) is 23.4. The molecule has 1 aromatic rings. The summed E-state index contributed by atoms with van der Waals surface area (Å²) in [6, 6.07) is 10.3. The largest absolute Gasteiger partial charge is 0.352 e. The van der Waals surface area contributed by atoms with E-state index in [0.717, 1.165) is 31.2 Å². The molecule has 1 aliphatic carbocycles. The molecule has 3 nitrogen and oxygen atoms in total. The third kappa shape index (κ3) is 4.52. The average Bonchev–Trinajstić information content (AvgIpc) is 2.44. The molecule has 2 rings (SSSR count). The first-order valence-corrected chi connectivity index (χ1v) is 7.00. The Morgan fingerprint density at radius 2 is 2.11 bits per heavy atom. The van der Waals surface area contributed by atoms with Crippen LogP contribution in [0.25, 0.3) is 6.08 Å². The average molecular weight is 258 g/mol. The third-order valence-corrected chi connectivity index (χ3v) is 3.59. The Balaban J connectivity index is 1.73. The first-order chi connectivity index (χ1) is 9.25. The molecule has 1 fully saturated rings. The van der Waals surface area contributed by atoms with Crippen molar-refractivity contribution in [1.82, 2.24) is 5.32 Å². The van der Waals surface area contributed by atoms with Crippen LogP contribution in [-0.2, 0) is 4.79 Å². The predicted molar refractivity (Wildman–Crippen MR) is 78.4 cm³/mol. The van der Waals surface area contributed by atoms with Crippen molar-refractivity contribution in [3.05, 3.63) is 42.0 Å². The molecule has 1 aromatic carbocycles. The molecule has 19 heavy (non-hydrogen) atoms. The lowest BCUT2D eigenvalue weighted by Gasteiger charge is -2.25. The van der Waals surface area contributed by atoms with Crippen molar-refractivity contribution in [3.63, 3.8) is 0 Å². The van der Waals surface area contributed by atoms with Gasteiger partial charge in [0.25, 0.3) is 0 Å². The van der Waals surface area contributed by atoms with Gasteiger partial charge in [-0.3, -0.25) is 4.79 Å². The number of benzene rings is 1. The van der Waals surface area contributed by atoms with E-state index in [-0.39, 0.29) is 17.9 Å². The SMILES string of the molecule is N[C@H]1CCC[C@@H](C(=O)NC/C=C/c2ccccc2)C1. The molecule has 2 atom stereocenters. The molecular formula is C16H22N2O. The second kappa shape index (κ2) is 7.10. The third-order valence-electron chi connectivity index (χ3n) is 3.59. The monoisotopic (exact) mass is 258 g/mol. The first-order valence-electron chi connectivity index (χ1n) is 7.00. The van der Waals surface area contributed by atoms with Crippen LogP contribution < -0.4 is 11.1 Å². The van der Waals surface area contributed by atoms with Gasteiger partial charge in [-0.1, -0.05) is 48.9 Å². The summed E-state index contributed by atoms with van der Waals surface area (Å²) in [4.78, 5) is 12.0. The molecule has 0 spiro atoms. The Bertz CT molecular complexity index is 428. The number of hydrogen-bond acceptors (Lipinski definition) is 2. The van der Waals surface area contributed by atoms with Crippen LogP contribution in [0.2, 0.25) is 0 Å². The standard InChI is InChI=1S/C16H22N2O/c17-15-10-4-9-14(12-15)16(19)18-11-5-8-13-6-2-1-3-7-13/h1-3,5-8,14-15H,4,9-12,17H2,(H,18,19)/b8-5+/t14-,15+/m1/s1. The predicted octanol–water partition coefficient (Wildman–Crippen LogP) is 2.33. The summed E-state index contributed by atoms with van der Waals surface area (Å²) < 4.78 is 0. The van der Waals surface area contributed by atoms with Crippen LogP contribution in [0.1, 0.15) is 31.2 Å². The van der Waals surface area contributed by atoms with E-state index in [2.05, 4.69) is 5.32 Å². The Morgan fingerprint density at radius 1 is 1.32 bits per heavy atom. The molecule has 0 radical (unpaired) electrons. The zero-order chi connectivity index (χ0) is 13.5. The van der Waals surface area contributed by atoms with Crippen LogP contribution >= 0.6 is 0 Å². The van der Waals surface area contributed by atoms with Gasteiger partial charge in [0.1, 0.15) is 0 Å². The highest BCUT2D eigenvalue weighted by molar-refractivity contribution is 5.79. The quantitative estimate of drug-likeness (QED) is 0.871. The van der Waals surface area contributed by atoms with Gasteiger partial charge in [-0.15, -0.1) is 0 Å². The Morgan fingerprint density at radius 3 is 2.84 bits per heavy atom. The van der Waals surface area contributed by atoms with Crippen molar-refractivity contribution in [2.24, 2.45) is 11.7 Å². The van der Waals surface area contributed by atoms with Crippen LogP contribution in [-0.4, -0.2) is 18.5 Å². The highest BCUT2D eigenvalue weighted by Crippen LogP contribution is 2.22. The van der Waals surface area contributed by atoms with Crippen LogP contribution in [0.3, 0.4) is 0 Å². The zero-order valence-electron chi connectivity index (χ0n) is 11.2. The fourth-order valence-corrected chi connectivity index (χ4v) is 2.53. The molecule has 0 aromatic heterocycles. The van der Waals surface area contributed by atoms with E-state index in [1.165, 1.54) is 0 Å². The molecule has 3 N–H and O–H groups in total. The van der Waals surface area contributed by atoms with E-state index in [9.17, 15) is 4.79 Å². The van der Waals surface area contributed by atoms with E-state index >= 15 is 0 Å². The van der Waals surface area contributed by atoms with E-state index < -0.39 is 0 Å². The maximum absolute atomic E-state index is 12.0. The fraction of sp³-hybridized carbons (Fsp3) is 0.438. The highest BCUT2D eigenvalue weighted by Gasteiger charge is 2.24. The van der Waals surface area contributed by atoms with Gasteiger partial charge in [0.2, 0.25) is 5.91 Å². The second-order valence-corrected chi connectivity index (χ2v) is 5.18. The molecular weight excluding hydrogens is 236 g/mol. The smallest absolute Gasteiger partial charge is 0.223 e. The Labute approximate surface area is 114 Å². The van der Waals surface area contributed by atoms with Crippen molar-refractivity contribution >= 4 is 12.0 Å². The lowest BCUT2D eigenvalue weighted by molar-refractivity contribution is -0.125. The minimum atomic E-state index is 0.105. The molecule has 0 saturated heterocycles. The van der Waals surface area contributed by atoms with Gasteiger partial charge in [0.05, 0.1) is 0 Å². The van der Waals surface area contributed by atoms with Gasteiger partial charge >= 0.3 is 0 Å². The van der Waals surface area contributed by atoms with E-state index in [1.54, 1.807) is 0 Å². The van der Waals surface area contributed by atoms with Crippen LogP contribution in [0.4, 0.5) is 0 Å². The minimum absolute atomic E-state index is 0.105. The number of carbonyl (C=O) groups is 1. The number of nitrogens with two attached hydrogens (primary N) is 1. The molecule has 1 amide bonds. The van der Waals surface area contributed by atoms with Crippen LogP contribution in [0.15, 0.2) is 36.4 Å².